The maximum Gasteiger partial charge on any atom is 0.0468 e. The summed E-state index contributed by atoms with van der Waals surface area (Å²) in [7, 11) is 0. The Morgan fingerprint density at radius 1 is 1.07 bits per heavy atom. The third-order valence-electron chi connectivity index (χ3n) is 4.07. The second-order valence-electron chi connectivity index (χ2n) is 4.88. The van der Waals surface area contributed by atoms with Gasteiger partial charge in [0, 0.05) is 19.8 Å². The number of aliphatic hydroxyl groups is 1. The molecule has 0 saturated carbocycles. The Kier molecular flexibility index (Phi) is 4.42. The molecule has 3 nitrogen and oxygen atoms in total. The largest absolute Gasteiger partial charge is 0.396 e. The second-order valence-corrected chi connectivity index (χ2v) is 4.88. The Hall–Kier alpha value is -0.120. The van der Waals surface area contributed by atoms with Gasteiger partial charge >= 0.3 is 0 Å². The van der Waals surface area contributed by atoms with Crippen LogP contribution in [-0.2, 0) is 4.74 Å². The molecule has 88 valence electrons. The highest BCUT2D eigenvalue weighted by Crippen LogP contribution is 2.33. The van der Waals surface area contributed by atoms with Crippen LogP contribution in [0.1, 0.15) is 25.7 Å². The maximum absolute atomic E-state index is 9.57. The molecule has 0 aromatic rings. The average Bonchev–Trinajstić information content (AvgIpc) is 2.33. The summed E-state index contributed by atoms with van der Waals surface area (Å²) in [5.41, 5.74) is 0. The smallest absolute Gasteiger partial charge is 0.0468 e. The quantitative estimate of drug-likeness (QED) is 0.735. The number of piperidine rings is 1. The fourth-order valence-corrected chi connectivity index (χ4v) is 3.10. The molecule has 0 aromatic heterocycles. The van der Waals surface area contributed by atoms with Crippen LogP contribution in [0.5, 0.6) is 0 Å². The molecule has 2 N–H and O–H groups in total. The maximum atomic E-state index is 9.57. The average molecular weight is 213 g/mol. The summed E-state index contributed by atoms with van der Waals surface area (Å²) < 4.78 is 5.39. The zero-order valence-corrected chi connectivity index (χ0v) is 9.45. The summed E-state index contributed by atoms with van der Waals surface area (Å²) in [6.45, 7) is 4.42. The summed E-state index contributed by atoms with van der Waals surface area (Å²) in [4.78, 5) is 0. The van der Waals surface area contributed by atoms with Gasteiger partial charge in [0.2, 0.25) is 0 Å². The first-order valence-electron chi connectivity index (χ1n) is 6.31. The lowest BCUT2D eigenvalue weighted by atomic mass is 9.74. The van der Waals surface area contributed by atoms with Gasteiger partial charge in [0.1, 0.15) is 0 Å². The summed E-state index contributed by atoms with van der Waals surface area (Å²) in [6.07, 6.45) is 4.77. The Morgan fingerprint density at radius 3 is 2.27 bits per heavy atom. The molecular formula is C12H23NO2. The molecule has 2 aliphatic rings. The lowest BCUT2D eigenvalue weighted by Gasteiger charge is -2.36. The molecule has 3 heteroatoms. The minimum Gasteiger partial charge on any atom is -0.396 e. The summed E-state index contributed by atoms with van der Waals surface area (Å²) in [5, 5.41) is 13.0. The molecule has 2 fully saturated rings. The molecule has 0 amide bonds. The van der Waals surface area contributed by atoms with Crippen LogP contribution in [0.3, 0.4) is 0 Å². The molecular weight excluding hydrogens is 190 g/mol. The van der Waals surface area contributed by atoms with Gasteiger partial charge in [-0.25, -0.2) is 0 Å². The van der Waals surface area contributed by atoms with E-state index < -0.39 is 0 Å². The van der Waals surface area contributed by atoms with Crippen molar-refractivity contribution in [3.05, 3.63) is 0 Å². The van der Waals surface area contributed by atoms with Crippen molar-refractivity contribution in [1.82, 2.24) is 5.32 Å². The molecule has 0 aromatic carbocycles. The van der Waals surface area contributed by atoms with Crippen LogP contribution in [-0.4, -0.2) is 38.0 Å². The van der Waals surface area contributed by atoms with E-state index >= 15 is 0 Å². The van der Waals surface area contributed by atoms with E-state index in [1.807, 2.05) is 0 Å². The molecule has 1 unspecified atom stereocenters. The highest BCUT2D eigenvalue weighted by molar-refractivity contribution is 4.81. The minimum absolute atomic E-state index is 0.370. The van der Waals surface area contributed by atoms with Gasteiger partial charge < -0.3 is 15.2 Å². The first kappa shape index (κ1) is 11.4. The van der Waals surface area contributed by atoms with Crippen LogP contribution in [0.4, 0.5) is 0 Å². The Labute approximate surface area is 92.2 Å². The summed E-state index contributed by atoms with van der Waals surface area (Å²) >= 11 is 0. The van der Waals surface area contributed by atoms with Crippen molar-refractivity contribution in [1.29, 1.82) is 0 Å². The lowest BCUT2D eigenvalue weighted by Crippen LogP contribution is -2.37. The SMILES string of the molecule is OCC(C1CCNCC1)C1CCOCC1. The van der Waals surface area contributed by atoms with Crippen LogP contribution in [0, 0.1) is 17.8 Å². The number of aliphatic hydroxyl groups excluding tert-OH is 1. The van der Waals surface area contributed by atoms with Gasteiger partial charge in [0.25, 0.3) is 0 Å². The number of nitrogens with one attached hydrogen (secondary N) is 1. The van der Waals surface area contributed by atoms with Crippen molar-refractivity contribution in [2.45, 2.75) is 25.7 Å². The predicted molar refractivity (Wildman–Crippen MR) is 59.7 cm³/mol. The zero-order chi connectivity index (χ0) is 10.5. The molecule has 15 heavy (non-hydrogen) atoms. The van der Waals surface area contributed by atoms with Crippen LogP contribution in [0.2, 0.25) is 0 Å². The molecule has 2 rings (SSSR count). The van der Waals surface area contributed by atoms with Crippen LogP contribution in [0.15, 0.2) is 0 Å². The first-order chi connectivity index (χ1) is 7.42. The van der Waals surface area contributed by atoms with Crippen LogP contribution < -0.4 is 5.32 Å². The monoisotopic (exact) mass is 213 g/mol. The van der Waals surface area contributed by atoms with E-state index in [-0.39, 0.29) is 0 Å². The molecule has 0 spiro atoms. The van der Waals surface area contributed by atoms with E-state index in [0.717, 1.165) is 45.1 Å². The molecule has 2 heterocycles. The third-order valence-corrected chi connectivity index (χ3v) is 4.07. The van der Waals surface area contributed by atoms with Gasteiger partial charge in [0.05, 0.1) is 0 Å². The molecule has 0 bridgehead atoms. The number of ether oxygens (including phenoxy) is 1. The van der Waals surface area contributed by atoms with Crippen molar-refractivity contribution in [2.24, 2.45) is 17.8 Å². The first-order valence-corrected chi connectivity index (χ1v) is 6.31. The number of hydrogen-bond acceptors (Lipinski definition) is 3. The van der Waals surface area contributed by atoms with E-state index in [2.05, 4.69) is 5.32 Å². The predicted octanol–water partition coefficient (Wildman–Crippen LogP) is 1.02. The molecule has 0 aliphatic carbocycles. The van der Waals surface area contributed by atoms with E-state index in [1.54, 1.807) is 0 Å². The van der Waals surface area contributed by atoms with Gasteiger partial charge in [-0.1, -0.05) is 0 Å². The lowest BCUT2D eigenvalue weighted by molar-refractivity contribution is 0.0107. The summed E-state index contributed by atoms with van der Waals surface area (Å²) in [6, 6.07) is 0. The fraction of sp³-hybridized carbons (Fsp3) is 1.00. The second kappa shape index (κ2) is 5.83. The Bertz CT molecular complexity index is 156. The third kappa shape index (κ3) is 2.92. The molecule has 1 atom stereocenters. The van der Waals surface area contributed by atoms with Crippen molar-refractivity contribution in [2.75, 3.05) is 32.9 Å². The Morgan fingerprint density at radius 2 is 1.67 bits per heavy atom. The van der Waals surface area contributed by atoms with Gasteiger partial charge in [0.15, 0.2) is 0 Å². The minimum atomic E-state index is 0.370. The van der Waals surface area contributed by atoms with Gasteiger partial charge in [-0.3, -0.25) is 0 Å². The van der Waals surface area contributed by atoms with E-state index in [0.29, 0.717) is 18.4 Å². The molecule has 0 radical (unpaired) electrons. The topological polar surface area (TPSA) is 41.5 Å². The normalized spacial score (nSPS) is 27.8. The fourth-order valence-electron chi connectivity index (χ4n) is 3.10. The van der Waals surface area contributed by atoms with Gasteiger partial charge in [-0.15, -0.1) is 0 Å². The highest BCUT2D eigenvalue weighted by atomic mass is 16.5. The zero-order valence-electron chi connectivity index (χ0n) is 9.45. The number of hydrogen-bond donors (Lipinski definition) is 2. The van der Waals surface area contributed by atoms with Crippen molar-refractivity contribution in [3.8, 4) is 0 Å². The van der Waals surface area contributed by atoms with E-state index in [4.69, 9.17) is 4.74 Å². The van der Waals surface area contributed by atoms with E-state index in [9.17, 15) is 5.11 Å². The van der Waals surface area contributed by atoms with Gasteiger partial charge in [-0.2, -0.15) is 0 Å². The van der Waals surface area contributed by atoms with Crippen molar-refractivity contribution < 1.29 is 9.84 Å². The Balaban J connectivity index is 1.88. The van der Waals surface area contributed by atoms with Gasteiger partial charge in [-0.05, 0) is 56.5 Å². The van der Waals surface area contributed by atoms with Crippen LogP contribution in [0.25, 0.3) is 0 Å². The number of rotatable bonds is 3. The highest BCUT2D eigenvalue weighted by Gasteiger charge is 2.30. The standard InChI is InChI=1S/C12H23NO2/c14-9-12(10-1-5-13-6-2-10)11-3-7-15-8-4-11/h10-14H,1-9H2. The van der Waals surface area contributed by atoms with E-state index in [1.165, 1.54) is 12.8 Å². The van der Waals surface area contributed by atoms with Crippen LogP contribution >= 0.6 is 0 Å². The molecule has 2 saturated heterocycles. The summed E-state index contributed by atoms with van der Waals surface area (Å²) in [5.74, 6) is 1.96. The van der Waals surface area contributed by atoms with Crippen molar-refractivity contribution >= 4 is 0 Å². The molecule has 2 aliphatic heterocycles. The van der Waals surface area contributed by atoms with Crippen molar-refractivity contribution in [3.63, 3.8) is 0 Å².